The van der Waals surface area contributed by atoms with Gasteiger partial charge in [0, 0.05) is 6.07 Å². The average molecular weight is 263 g/mol. The first-order valence-electron chi connectivity index (χ1n) is 5.71. The van der Waals surface area contributed by atoms with Gasteiger partial charge in [-0.15, -0.1) is 0 Å². The van der Waals surface area contributed by atoms with Gasteiger partial charge in [-0.25, -0.2) is 4.39 Å². The zero-order valence-electron chi connectivity index (χ0n) is 9.56. The predicted octanol–water partition coefficient (Wildman–Crippen LogP) is 2.98. The van der Waals surface area contributed by atoms with E-state index in [1.54, 1.807) is 0 Å². The summed E-state index contributed by atoms with van der Waals surface area (Å²) in [6.07, 6.45) is -3.59. The van der Waals surface area contributed by atoms with Crippen molar-refractivity contribution in [1.29, 1.82) is 0 Å². The monoisotopic (exact) mass is 263 g/mol. The molecule has 6 heteroatoms. The fourth-order valence-electron chi connectivity index (χ4n) is 1.92. The molecule has 0 unspecified atom stereocenters. The van der Waals surface area contributed by atoms with E-state index >= 15 is 0 Å². The predicted molar refractivity (Wildman–Crippen MR) is 57.9 cm³/mol. The van der Waals surface area contributed by atoms with Crippen LogP contribution in [-0.4, -0.2) is 19.2 Å². The molecule has 1 aromatic rings. The number of alkyl halides is 3. The molecule has 0 saturated carbocycles. The molecule has 0 atom stereocenters. The molecule has 0 aliphatic carbocycles. The first-order chi connectivity index (χ1) is 8.47. The number of piperidine rings is 1. The van der Waals surface area contributed by atoms with Crippen LogP contribution >= 0.6 is 0 Å². The van der Waals surface area contributed by atoms with Crippen LogP contribution in [0.3, 0.4) is 0 Å². The van der Waals surface area contributed by atoms with Crippen molar-refractivity contribution in [3.63, 3.8) is 0 Å². The van der Waals surface area contributed by atoms with Crippen LogP contribution in [0.2, 0.25) is 0 Å². The smallest absolute Gasteiger partial charge is 0.419 e. The van der Waals surface area contributed by atoms with Crippen molar-refractivity contribution in [2.45, 2.75) is 25.1 Å². The number of nitrogens with one attached hydrogen (secondary N) is 1. The van der Waals surface area contributed by atoms with E-state index < -0.39 is 23.3 Å². The summed E-state index contributed by atoms with van der Waals surface area (Å²) < 4.78 is 56.5. The molecule has 0 radical (unpaired) electrons. The Balaban J connectivity index is 2.21. The summed E-state index contributed by atoms with van der Waals surface area (Å²) >= 11 is 0. The third kappa shape index (κ3) is 3.13. The first kappa shape index (κ1) is 13.1. The Morgan fingerprint density at radius 3 is 2.44 bits per heavy atom. The fraction of sp³-hybridized carbons (Fsp3) is 0.500. The quantitative estimate of drug-likeness (QED) is 0.828. The van der Waals surface area contributed by atoms with E-state index in [9.17, 15) is 17.6 Å². The minimum atomic E-state index is -4.53. The van der Waals surface area contributed by atoms with Crippen LogP contribution in [0.25, 0.3) is 0 Å². The second-order valence-corrected chi connectivity index (χ2v) is 4.21. The van der Waals surface area contributed by atoms with Gasteiger partial charge >= 0.3 is 6.18 Å². The molecule has 2 rings (SSSR count). The molecule has 1 fully saturated rings. The van der Waals surface area contributed by atoms with Crippen molar-refractivity contribution in [2.75, 3.05) is 13.1 Å². The summed E-state index contributed by atoms with van der Waals surface area (Å²) in [6, 6.07) is 2.30. The minimum absolute atomic E-state index is 0.297. The highest BCUT2D eigenvalue weighted by molar-refractivity contribution is 5.36. The molecule has 1 N–H and O–H groups in total. The molecule has 1 aliphatic heterocycles. The van der Waals surface area contributed by atoms with Crippen LogP contribution in [0.4, 0.5) is 17.6 Å². The summed E-state index contributed by atoms with van der Waals surface area (Å²) in [6.45, 7) is 1.39. The fourth-order valence-corrected chi connectivity index (χ4v) is 1.92. The normalized spacial score (nSPS) is 17.8. The Kier molecular flexibility index (Phi) is 3.75. The molecule has 18 heavy (non-hydrogen) atoms. The Morgan fingerprint density at radius 1 is 1.17 bits per heavy atom. The lowest BCUT2D eigenvalue weighted by Gasteiger charge is -2.25. The average Bonchev–Trinajstić information content (AvgIpc) is 2.28. The topological polar surface area (TPSA) is 21.3 Å². The number of hydrogen-bond donors (Lipinski definition) is 1. The standard InChI is InChI=1S/C12H13F4NO/c13-8-1-2-10(12(14,15)16)11(7-8)18-9-3-5-17-6-4-9/h1-2,7,9,17H,3-6H2. The molecule has 0 aromatic heterocycles. The molecule has 0 bridgehead atoms. The lowest BCUT2D eigenvalue weighted by atomic mass is 10.1. The molecular formula is C12H13F4NO. The van der Waals surface area contributed by atoms with Gasteiger partial charge in [0.2, 0.25) is 0 Å². The van der Waals surface area contributed by atoms with Crippen LogP contribution in [0.15, 0.2) is 18.2 Å². The molecule has 1 saturated heterocycles. The summed E-state index contributed by atoms with van der Waals surface area (Å²) in [5.74, 6) is -1.15. The molecule has 100 valence electrons. The van der Waals surface area contributed by atoms with Crippen LogP contribution in [-0.2, 0) is 6.18 Å². The van der Waals surface area contributed by atoms with Crippen LogP contribution in [0, 0.1) is 5.82 Å². The number of rotatable bonds is 2. The van der Waals surface area contributed by atoms with Crippen LogP contribution in [0.5, 0.6) is 5.75 Å². The molecular weight excluding hydrogens is 250 g/mol. The molecule has 2 nitrogen and oxygen atoms in total. The van der Waals surface area contributed by atoms with Gasteiger partial charge in [0.15, 0.2) is 0 Å². The largest absolute Gasteiger partial charge is 0.490 e. The summed E-state index contributed by atoms with van der Waals surface area (Å²) in [5, 5.41) is 3.08. The SMILES string of the molecule is Fc1ccc(C(F)(F)F)c(OC2CCNCC2)c1. The summed E-state index contributed by atoms with van der Waals surface area (Å²) in [7, 11) is 0. The van der Waals surface area contributed by atoms with E-state index in [1.165, 1.54) is 0 Å². The van der Waals surface area contributed by atoms with E-state index in [-0.39, 0.29) is 6.10 Å². The van der Waals surface area contributed by atoms with Gasteiger partial charge in [0.25, 0.3) is 0 Å². The van der Waals surface area contributed by atoms with Crippen molar-refractivity contribution in [3.8, 4) is 5.75 Å². The van der Waals surface area contributed by atoms with Crippen molar-refractivity contribution >= 4 is 0 Å². The van der Waals surface area contributed by atoms with Crippen LogP contribution in [0.1, 0.15) is 18.4 Å². The van der Waals surface area contributed by atoms with Gasteiger partial charge in [-0.3, -0.25) is 0 Å². The zero-order valence-corrected chi connectivity index (χ0v) is 9.56. The van der Waals surface area contributed by atoms with Crippen molar-refractivity contribution < 1.29 is 22.3 Å². The second kappa shape index (κ2) is 5.14. The molecule has 1 aliphatic rings. The van der Waals surface area contributed by atoms with Crippen molar-refractivity contribution in [2.24, 2.45) is 0 Å². The first-order valence-corrected chi connectivity index (χ1v) is 5.71. The van der Waals surface area contributed by atoms with Gasteiger partial charge < -0.3 is 10.1 Å². The summed E-state index contributed by atoms with van der Waals surface area (Å²) in [4.78, 5) is 0. The maximum atomic E-state index is 13.0. The summed E-state index contributed by atoms with van der Waals surface area (Å²) in [5.41, 5.74) is -0.928. The van der Waals surface area contributed by atoms with Crippen molar-refractivity contribution in [1.82, 2.24) is 5.32 Å². The zero-order chi connectivity index (χ0) is 13.2. The Labute approximate surface area is 102 Å². The number of hydrogen-bond acceptors (Lipinski definition) is 2. The van der Waals surface area contributed by atoms with E-state index in [4.69, 9.17) is 4.74 Å². The highest BCUT2D eigenvalue weighted by Gasteiger charge is 2.35. The van der Waals surface area contributed by atoms with Gasteiger partial charge in [-0.05, 0) is 38.1 Å². The lowest BCUT2D eigenvalue weighted by Crippen LogP contribution is -2.34. The third-order valence-corrected chi connectivity index (χ3v) is 2.83. The van der Waals surface area contributed by atoms with Gasteiger partial charge in [-0.2, -0.15) is 13.2 Å². The van der Waals surface area contributed by atoms with Crippen LogP contribution < -0.4 is 10.1 Å². The maximum absolute atomic E-state index is 13.0. The lowest BCUT2D eigenvalue weighted by molar-refractivity contribution is -0.139. The highest BCUT2D eigenvalue weighted by atomic mass is 19.4. The Hall–Kier alpha value is -1.30. The maximum Gasteiger partial charge on any atom is 0.419 e. The third-order valence-electron chi connectivity index (χ3n) is 2.83. The molecule has 1 aromatic carbocycles. The minimum Gasteiger partial charge on any atom is -0.490 e. The number of benzene rings is 1. The molecule has 1 heterocycles. The van der Waals surface area contributed by atoms with Gasteiger partial charge in [-0.1, -0.05) is 0 Å². The van der Waals surface area contributed by atoms with E-state index in [0.29, 0.717) is 32.0 Å². The van der Waals surface area contributed by atoms with E-state index in [0.717, 1.165) is 12.1 Å². The highest BCUT2D eigenvalue weighted by Crippen LogP contribution is 2.37. The number of halogens is 4. The Morgan fingerprint density at radius 2 is 1.83 bits per heavy atom. The molecule has 0 spiro atoms. The molecule has 0 amide bonds. The number of ether oxygens (including phenoxy) is 1. The second-order valence-electron chi connectivity index (χ2n) is 4.21. The Bertz CT molecular complexity index is 413. The van der Waals surface area contributed by atoms with Crippen molar-refractivity contribution in [3.05, 3.63) is 29.6 Å². The van der Waals surface area contributed by atoms with Gasteiger partial charge in [0.05, 0.1) is 5.56 Å². The van der Waals surface area contributed by atoms with E-state index in [1.807, 2.05) is 0 Å². The van der Waals surface area contributed by atoms with E-state index in [2.05, 4.69) is 5.32 Å². The van der Waals surface area contributed by atoms with Gasteiger partial charge in [0.1, 0.15) is 17.7 Å².